The molecule has 3 aromatic rings. The van der Waals surface area contributed by atoms with Crippen molar-refractivity contribution in [2.24, 2.45) is 0 Å². The lowest BCUT2D eigenvalue weighted by atomic mass is 10.1. The summed E-state index contributed by atoms with van der Waals surface area (Å²) < 4.78 is 5.27. The van der Waals surface area contributed by atoms with Gasteiger partial charge >= 0.3 is 5.97 Å². The molecule has 0 spiro atoms. The predicted molar refractivity (Wildman–Crippen MR) is 99.3 cm³/mol. The van der Waals surface area contributed by atoms with E-state index in [2.05, 4.69) is 10.3 Å². The standard InChI is InChI=1S/C18H12ClN3O3S/c1-10(16(23)22-17-11(9-20)6-7-26-17)25-18(24)13-8-15(19)21-14-5-3-2-4-12(13)14/h2-8,10H,1H3,(H,22,23)/t10-/m1/s1. The Kier molecular flexibility index (Phi) is 5.16. The van der Waals surface area contributed by atoms with E-state index in [1.54, 1.807) is 35.7 Å². The van der Waals surface area contributed by atoms with E-state index >= 15 is 0 Å². The molecule has 0 aliphatic heterocycles. The van der Waals surface area contributed by atoms with Gasteiger partial charge in [0.25, 0.3) is 5.91 Å². The third kappa shape index (κ3) is 3.67. The Morgan fingerprint density at radius 2 is 2.12 bits per heavy atom. The summed E-state index contributed by atoms with van der Waals surface area (Å²) >= 11 is 7.19. The second-order valence-electron chi connectivity index (χ2n) is 5.32. The summed E-state index contributed by atoms with van der Waals surface area (Å²) in [7, 11) is 0. The topological polar surface area (TPSA) is 92.1 Å². The number of amides is 1. The molecule has 0 saturated carbocycles. The van der Waals surface area contributed by atoms with E-state index in [-0.39, 0.29) is 10.7 Å². The minimum atomic E-state index is -1.05. The molecule has 0 aliphatic rings. The predicted octanol–water partition coefficient (Wildman–Crippen LogP) is 4.01. The van der Waals surface area contributed by atoms with E-state index in [1.807, 2.05) is 6.07 Å². The quantitative estimate of drug-likeness (QED) is 0.541. The molecule has 0 aliphatic carbocycles. The molecule has 8 heteroatoms. The van der Waals surface area contributed by atoms with Gasteiger partial charge < -0.3 is 10.1 Å². The van der Waals surface area contributed by atoms with Crippen LogP contribution in [0.5, 0.6) is 0 Å². The molecular weight excluding hydrogens is 374 g/mol. The Labute approximate surface area is 158 Å². The van der Waals surface area contributed by atoms with Crippen LogP contribution in [0.25, 0.3) is 10.9 Å². The van der Waals surface area contributed by atoms with Crippen molar-refractivity contribution in [3.63, 3.8) is 0 Å². The minimum absolute atomic E-state index is 0.157. The molecule has 0 bridgehead atoms. The molecule has 6 nitrogen and oxygen atoms in total. The number of esters is 1. The number of carbonyl (C=O) groups excluding carboxylic acids is 2. The van der Waals surface area contributed by atoms with Crippen LogP contribution in [0.15, 0.2) is 41.8 Å². The van der Waals surface area contributed by atoms with Gasteiger partial charge in [-0.15, -0.1) is 11.3 Å². The Bertz CT molecular complexity index is 1040. The average Bonchev–Trinajstić information content (AvgIpc) is 3.07. The molecule has 1 atom stereocenters. The zero-order valence-electron chi connectivity index (χ0n) is 13.5. The van der Waals surface area contributed by atoms with Gasteiger partial charge in [-0.1, -0.05) is 29.8 Å². The first-order chi connectivity index (χ1) is 12.5. The van der Waals surface area contributed by atoms with Crippen molar-refractivity contribution < 1.29 is 14.3 Å². The van der Waals surface area contributed by atoms with Crippen LogP contribution in [0.3, 0.4) is 0 Å². The zero-order valence-corrected chi connectivity index (χ0v) is 15.1. The van der Waals surface area contributed by atoms with Gasteiger partial charge in [0.1, 0.15) is 16.2 Å². The second kappa shape index (κ2) is 7.52. The highest BCUT2D eigenvalue weighted by atomic mass is 35.5. The van der Waals surface area contributed by atoms with Crippen molar-refractivity contribution in [2.75, 3.05) is 5.32 Å². The normalized spacial score (nSPS) is 11.6. The number of ether oxygens (including phenoxy) is 1. The molecule has 1 amide bonds. The first kappa shape index (κ1) is 17.9. The number of rotatable bonds is 4. The zero-order chi connectivity index (χ0) is 18.7. The van der Waals surface area contributed by atoms with Gasteiger partial charge in [-0.05, 0) is 30.5 Å². The molecule has 1 N–H and O–H groups in total. The summed E-state index contributed by atoms with van der Waals surface area (Å²) in [5.74, 6) is -1.21. The number of fused-ring (bicyclic) bond motifs is 1. The lowest BCUT2D eigenvalue weighted by Gasteiger charge is -2.14. The van der Waals surface area contributed by atoms with E-state index in [1.165, 1.54) is 24.3 Å². The molecule has 2 heterocycles. The summed E-state index contributed by atoms with van der Waals surface area (Å²) in [5, 5.41) is 14.4. The molecule has 1 aromatic carbocycles. The van der Waals surface area contributed by atoms with Gasteiger partial charge in [-0.3, -0.25) is 4.79 Å². The smallest absolute Gasteiger partial charge is 0.339 e. The fourth-order valence-electron chi connectivity index (χ4n) is 2.30. The first-order valence-electron chi connectivity index (χ1n) is 7.54. The summed E-state index contributed by atoms with van der Waals surface area (Å²) in [4.78, 5) is 28.9. The van der Waals surface area contributed by atoms with Crippen LogP contribution >= 0.6 is 22.9 Å². The SMILES string of the molecule is C[C@@H](OC(=O)c1cc(Cl)nc2ccccc12)C(=O)Nc1sccc1C#N. The molecule has 26 heavy (non-hydrogen) atoms. The van der Waals surface area contributed by atoms with Gasteiger partial charge in [0.05, 0.1) is 16.6 Å². The van der Waals surface area contributed by atoms with Gasteiger partial charge in [0.15, 0.2) is 6.10 Å². The Morgan fingerprint density at radius 1 is 1.35 bits per heavy atom. The number of nitrogens with one attached hydrogen (secondary N) is 1. The maximum atomic E-state index is 12.5. The van der Waals surface area contributed by atoms with Crippen LogP contribution in [0.1, 0.15) is 22.8 Å². The van der Waals surface area contributed by atoms with Crippen molar-refractivity contribution in [3.8, 4) is 6.07 Å². The van der Waals surface area contributed by atoms with Crippen LogP contribution < -0.4 is 5.32 Å². The number of aromatic nitrogens is 1. The number of anilines is 1. The fourth-order valence-corrected chi connectivity index (χ4v) is 3.24. The molecule has 0 unspecified atom stereocenters. The first-order valence-corrected chi connectivity index (χ1v) is 8.80. The van der Waals surface area contributed by atoms with Crippen LogP contribution in [-0.2, 0) is 9.53 Å². The summed E-state index contributed by atoms with van der Waals surface area (Å²) in [5.41, 5.74) is 1.14. The van der Waals surface area contributed by atoms with E-state index in [0.717, 1.165) is 0 Å². The lowest BCUT2D eigenvalue weighted by molar-refractivity contribution is -0.123. The highest BCUT2D eigenvalue weighted by Crippen LogP contribution is 2.24. The third-order valence-corrected chi connectivity index (χ3v) is 4.60. The Balaban J connectivity index is 1.78. The van der Waals surface area contributed by atoms with E-state index in [0.29, 0.717) is 21.5 Å². The number of nitrogens with zero attached hydrogens (tertiary/aromatic N) is 2. The monoisotopic (exact) mass is 385 g/mol. The maximum absolute atomic E-state index is 12.5. The maximum Gasteiger partial charge on any atom is 0.339 e. The van der Waals surface area contributed by atoms with Crippen LogP contribution in [0.4, 0.5) is 5.00 Å². The van der Waals surface area contributed by atoms with Crippen LogP contribution in [0.2, 0.25) is 5.15 Å². The summed E-state index contributed by atoms with van der Waals surface area (Å²) in [6.07, 6.45) is -1.05. The summed E-state index contributed by atoms with van der Waals surface area (Å²) in [6.45, 7) is 1.46. The van der Waals surface area contributed by atoms with Gasteiger partial charge in [-0.25, -0.2) is 9.78 Å². The number of carbonyl (C=O) groups is 2. The third-order valence-electron chi connectivity index (χ3n) is 3.58. The highest BCUT2D eigenvalue weighted by Gasteiger charge is 2.22. The number of pyridine rings is 1. The molecular formula is C18H12ClN3O3S. The molecule has 0 fully saturated rings. The van der Waals surface area contributed by atoms with Crippen molar-refractivity contribution in [1.82, 2.24) is 4.98 Å². The molecule has 0 radical (unpaired) electrons. The van der Waals surface area contributed by atoms with Crippen molar-refractivity contribution in [2.45, 2.75) is 13.0 Å². The molecule has 0 saturated heterocycles. The van der Waals surface area contributed by atoms with Crippen LogP contribution in [-0.4, -0.2) is 23.0 Å². The van der Waals surface area contributed by atoms with E-state index in [9.17, 15) is 9.59 Å². The number of para-hydroxylation sites is 1. The summed E-state index contributed by atoms with van der Waals surface area (Å²) in [6, 6.07) is 12.0. The molecule has 2 aromatic heterocycles. The largest absolute Gasteiger partial charge is 0.449 e. The number of halogens is 1. The Morgan fingerprint density at radius 3 is 2.88 bits per heavy atom. The van der Waals surface area contributed by atoms with Crippen LogP contribution in [0, 0.1) is 11.3 Å². The average molecular weight is 386 g/mol. The molecule has 3 rings (SSSR count). The van der Waals surface area contributed by atoms with Gasteiger partial charge in [-0.2, -0.15) is 5.26 Å². The number of nitriles is 1. The fraction of sp³-hybridized carbons (Fsp3) is 0.111. The van der Waals surface area contributed by atoms with Crippen molar-refractivity contribution in [1.29, 1.82) is 5.26 Å². The van der Waals surface area contributed by atoms with Gasteiger partial charge in [0.2, 0.25) is 0 Å². The molecule has 130 valence electrons. The highest BCUT2D eigenvalue weighted by molar-refractivity contribution is 7.14. The second-order valence-corrected chi connectivity index (χ2v) is 6.63. The van der Waals surface area contributed by atoms with E-state index in [4.69, 9.17) is 21.6 Å². The number of thiophene rings is 1. The Hall–Kier alpha value is -2.95. The van der Waals surface area contributed by atoms with E-state index < -0.39 is 18.0 Å². The van der Waals surface area contributed by atoms with Gasteiger partial charge in [0, 0.05) is 5.39 Å². The number of hydrogen-bond donors (Lipinski definition) is 1. The minimum Gasteiger partial charge on any atom is -0.449 e. The number of benzene rings is 1. The van der Waals surface area contributed by atoms with Crippen molar-refractivity contribution >= 4 is 50.7 Å². The lowest BCUT2D eigenvalue weighted by Crippen LogP contribution is -2.30. The van der Waals surface area contributed by atoms with Crippen molar-refractivity contribution in [3.05, 3.63) is 58.1 Å². The number of hydrogen-bond acceptors (Lipinski definition) is 6.